The maximum absolute atomic E-state index is 5.40. The maximum Gasteiger partial charge on any atom is 0.216 e. The molecule has 0 bridgehead atoms. The Morgan fingerprint density at radius 2 is 1.11 bits per heavy atom. The zero-order valence-electron chi connectivity index (χ0n) is 20.3. The molecule has 3 heterocycles. The summed E-state index contributed by atoms with van der Waals surface area (Å²) in [6.45, 7) is 0. The molecule has 13 heteroatoms. The smallest absolute Gasteiger partial charge is 0.216 e. The maximum atomic E-state index is 5.40. The van der Waals surface area contributed by atoms with Crippen molar-refractivity contribution >= 4 is 36.9 Å². The van der Waals surface area contributed by atoms with Gasteiger partial charge >= 0.3 is 0 Å². The van der Waals surface area contributed by atoms with Crippen molar-refractivity contribution in [3.8, 4) is 34.5 Å². The number of aromatic nitrogens is 7. The molecule has 0 spiro atoms. The number of benzene rings is 2. The summed E-state index contributed by atoms with van der Waals surface area (Å²) in [6.07, 6.45) is 3.36. The standard InChI is InChI=1S/C25H21N9O2S2/c1-35-18-10-6-16(7-11-18)14-26-33-22(29-31-24(33)37)20-4-3-5-21(28-20)23-30-32-25(38)34(23)27-15-17-8-12-19(36-2)13-9-17/h3-15H,1-2H3,(H,31,37)(H,32,38)/b26-14+,27-15+. The first-order valence-electron chi connectivity index (χ1n) is 11.2. The molecule has 0 atom stereocenters. The fourth-order valence-electron chi connectivity index (χ4n) is 3.44. The summed E-state index contributed by atoms with van der Waals surface area (Å²) >= 11 is 10.8. The van der Waals surface area contributed by atoms with Gasteiger partial charge in [0.25, 0.3) is 0 Å². The lowest BCUT2D eigenvalue weighted by atomic mass is 10.2. The van der Waals surface area contributed by atoms with Crippen LogP contribution in [-0.2, 0) is 0 Å². The highest BCUT2D eigenvalue weighted by molar-refractivity contribution is 7.71. The van der Waals surface area contributed by atoms with Gasteiger partial charge in [0, 0.05) is 0 Å². The molecule has 11 nitrogen and oxygen atoms in total. The predicted molar refractivity (Wildman–Crippen MR) is 149 cm³/mol. The number of pyridine rings is 1. The van der Waals surface area contributed by atoms with Crippen LogP contribution >= 0.6 is 24.4 Å². The molecule has 0 saturated carbocycles. The van der Waals surface area contributed by atoms with Crippen molar-refractivity contribution in [2.24, 2.45) is 10.2 Å². The van der Waals surface area contributed by atoms with Crippen LogP contribution in [0.5, 0.6) is 11.5 Å². The quantitative estimate of drug-likeness (QED) is 0.215. The van der Waals surface area contributed by atoms with E-state index >= 15 is 0 Å². The highest BCUT2D eigenvalue weighted by Gasteiger charge is 2.14. The molecule has 0 unspecified atom stereocenters. The van der Waals surface area contributed by atoms with Crippen molar-refractivity contribution in [3.05, 3.63) is 87.4 Å². The molecule has 190 valence electrons. The molecule has 5 rings (SSSR count). The molecule has 38 heavy (non-hydrogen) atoms. The molecular weight excluding hydrogens is 522 g/mol. The van der Waals surface area contributed by atoms with E-state index in [0.717, 1.165) is 22.6 Å². The van der Waals surface area contributed by atoms with E-state index in [1.165, 1.54) is 9.35 Å². The molecule has 0 saturated heterocycles. The fourth-order valence-corrected chi connectivity index (χ4v) is 3.80. The first-order valence-corrected chi connectivity index (χ1v) is 12.1. The zero-order valence-corrected chi connectivity index (χ0v) is 21.9. The number of methoxy groups -OCH3 is 2. The molecule has 0 aliphatic rings. The SMILES string of the molecule is COc1ccc(/C=N/n2c(-c3cccc(-c4n[nH]c(=S)n4/N=C/c4ccc(OC)cc4)n3)n[nH]c2=S)cc1. The van der Waals surface area contributed by atoms with Crippen LogP contribution in [0.1, 0.15) is 11.1 Å². The largest absolute Gasteiger partial charge is 0.497 e. The summed E-state index contributed by atoms with van der Waals surface area (Å²) in [5.41, 5.74) is 2.79. The average molecular weight is 544 g/mol. The monoisotopic (exact) mass is 543 g/mol. The van der Waals surface area contributed by atoms with Crippen molar-refractivity contribution in [1.82, 2.24) is 34.7 Å². The second-order valence-electron chi connectivity index (χ2n) is 7.77. The molecule has 0 radical (unpaired) electrons. The minimum atomic E-state index is 0.323. The second kappa shape index (κ2) is 11.1. The van der Waals surface area contributed by atoms with Crippen molar-refractivity contribution in [2.45, 2.75) is 0 Å². The van der Waals surface area contributed by atoms with Gasteiger partial charge in [0.05, 0.1) is 26.6 Å². The number of hydrogen-bond acceptors (Lipinski definition) is 9. The summed E-state index contributed by atoms with van der Waals surface area (Å²) in [4.78, 5) is 4.74. The summed E-state index contributed by atoms with van der Waals surface area (Å²) in [5, 5.41) is 23.2. The van der Waals surface area contributed by atoms with Gasteiger partial charge in [0.1, 0.15) is 22.9 Å². The molecule has 2 N–H and O–H groups in total. The lowest BCUT2D eigenvalue weighted by Gasteiger charge is -2.04. The van der Waals surface area contributed by atoms with Crippen LogP contribution in [0.15, 0.2) is 76.9 Å². The second-order valence-corrected chi connectivity index (χ2v) is 8.55. The first kappa shape index (κ1) is 24.9. The molecule has 3 aromatic heterocycles. The fraction of sp³-hybridized carbons (Fsp3) is 0.0800. The molecule has 2 aromatic carbocycles. The van der Waals surface area contributed by atoms with Crippen LogP contribution in [0.25, 0.3) is 23.0 Å². The summed E-state index contributed by atoms with van der Waals surface area (Å²) in [5.74, 6) is 2.39. The van der Waals surface area contributed by atoms with Crippen LogP contribution in [-0.4, -0.2) is 61.4 Å². The van der Waals surface area contributed by atoms with Crippen LogP contribution in [0.3, 0.4) is 0 Å². The van der Waals surface area contributed by atoms with Crippen molar-refractivity contribution in [1.29, 1.82) is 0 Å². The third kappa shape index (κ3) is 5.33. The number of nitrogens with zero attached hydrogens (tertiary/aromatic N) is 7. The molecule has 5 aromatic rings. The highest BCUT2D eigenvalue weighted by atomic mass is 32.1. The van der Waals surface area contributed by atoms with Gasteiger partial charge in [-0.1, -0.05) is 6.07 Å². The lowest BCUT2D eigenvalue weighted by molar-refractivity contribution is 0.414. The van der Waals surface area contributed by atoms with Crippen LogP contribution < -0.4 is 9.47 Å². The number of rotatable bonds is 8. The Hall–Kier alpha value is -4.75. The third-order valence-electron chi connectivity index (χ3n) is 5.38. The van der Waals surface area contributed by atoms with E-state index in [2.05, 4.69) is 30.6 Å². The Morgan fingerprint density at radius 1 is 0.684 bits per heavy atom. The first-order chi connectivity index (χ1) is 18.6. The third-order valence-corrected chi connectivity index (χ3v) is 5.91. The van der Waals surface area contributed by atoms with Crippen LogP contribution in [0.2, 0.25) is 0 Å². The van der Waals surface area contributed by atoms with Gasteiger partial charge in [-0.3, -0.25) is 0 Å². The highest BCUT2D eigenvalue weighted by Crippen LogP contribution is 2.21. The summed E-state index contributed by atoms with van der Waals surface area (Å²) < 4.78 is 14.1. The van der Waals surface area contributed by atoms with Gasteiger partial charge in [0.2, 0.25) is 21.2 Å². The van der Waals surface area contributed by atoms with Gasteiger partial charge in [-0.25, -0.2) is 15.2 Å². The summed E-state index contributed by atoms with van der Waals surface area (Å²) in [6, 6.07) is 20.4. The van der Waals surface area contributed by atoms with Crippen molar-refractivity contribution in [3.63, 3.8) is 0 Å². The Labute approximate surface area is 227 Å². The van der Waals surface area contributed by atoms with Crippen molar-refractivity contribution in [2.75, 3.05) is 14.2 Å². The number of H-pyrrole nitrogens is 2. The van der Waals surface area contributed by atoms with E-state index in [4.69, 9.17) is 38.9 Å². The van der Waals surface area contributed by atoms with E-state index in [0.29, 0.717) is 32.6 Å². The Balaban J connectivity index is 1.46. The van der Waals surface area contributed by atoms with Crippen LogP contribution in [0.4, 0.5) is 0 Å². The molecule has 0 fully saturated rings. The van der Waals surface area contributed by atoms with Gasteiger partial charge in [-0.15, -0.1) is 0 Å². The number of ether oxygens (including phenoxy) is 2. The molecular formula is C25H21N9O2S2. The molecule has 0 aliphatic carbocycles. The van der Waals surface area contributed by atoms with Gasteiger partial charge < -0.3 is 9.47 Å². The average Bonchev–Trinajstić information content (AvgIpc) is 3.52. The lowest BCUT2D eigenvalue weighted by Crippen LogP contribution is -2.00. The normalized spacial score (nSPS) is 11.4. The van der Waals surface area contributed by atoms with E-state index in [-0.39, 0.29) is 0 Å². The number of nitrogens with one attached hydrogen (secondary N) is 2. The molecule has 0 amide bonds. The van der Waals surface area contributed by atoms with Crippen molar-refractivity contribution < 1.29 is 9.47 Å². The number of hydrogen-bond donors (Lipinski definition) is 2. The van der Waals surface area contributed by atoms with E-state index < -0.39 is 0 Å². The zero-order chi connectivity index (χ0) is 26.5. The minimum absolute atomic E-state index is 0.323. The Kier molecular flexibility index (Phi) is 7.28. The van der Waals surface area contributed by atoms with E-state index in [9.17, 15) is 0 Å². The predicted octanol–water partition coefficient (Wildman–Crippen LogP) is 4.71. The minimum Gasteiger partial charge on any atom is -0.497 e. The number of aromatic amines is 2. The molecule has 0 aliphatic heterocycles. The summed E-state index contributed by atoms with van der Waals surface area (Å²) in [7, 11) is 3.24. The van der Waals surface area contributed by atoms with Gasteiger partial charge in [-0.2, -0.15) is 29.8 Å². The Bertz CT molecular complexity index is 1610. The van der Waals surface area contributed by atoms with E-state index in [1.54, 1.807) is 38.8 Å². The van der Waals surface area contributed by atoms with Gasteiger partial charge in [0.15, 0.2) is 0 Å². The van der Waals surface area contributed by atoms with E-state index in [1.807, 2.05) is 54.6 Å². The Morgan fingerprint density at radius 3 is 1.50 bits per heavy atom. The van der Waals surface area contributed by atoms with Crippen LogP contribution in [0, 0.1) is 9.54 Å². The topological polar surface area (TPSA) is 123 Å². The van der Waals surface area contributed by atoms with Gasteiger partial charge in [-0.05, 0) is 96.2 Å².